The Bertz CT molecular complexity index is 422. The van der Waals surface area contributed by atoms with Crippen molar-refractivity contribution in [3.8, 4) is 5.75 Å². The van der Waals surface area contributed by atoms with E-state index < -0.39 is 0 Å². The molecule has 0 aliphatic rings. The average Bonchev–Trinajstić information content (AvgIpc) is 2.35. The zero-order valence-electron chi connectivity index (χ0n) is 11.6. The molecule has 0 atom stereocenters. The van der Waals surface area contributed by atoms with Crippen molar-refractivity contribution in [2.75, 3.05) is 20.2 Å². The molecule has 0 fully saturated rings. The van der Waals surface area contributed by atoms with E-state index in [0.29, 0.717) is 23.2 Å². The van der Waals surface area contributed by atoms with Gasteiger partial charge in [0.05, 0.1) is 5.02 Å². The maximum absolute atomic E-state index is 11.5. The number of rotatable bonds is 7. The number of carbonyl (C=O) groups is 1. The molecule has 0 aliphatic carbocycles. The minimum absolute atomic E-state index is 0.0161. The first kappa shape index (κ1) is 15.8. The highest BCUT2D eigenvalue weighted by molar-refractivity contribution is 6.32. The molecule has 1 rings (SSSR count). The van der Waals surface area contributed by atoms with E-state index in [9.17, 15) is 4.79 Å². The largest absolute Gasteiger partial charge is 0.482 e. The molecule has 0 unspecified atom stereocenters. The zero-order chi connectivity index (χ0) is 14.3. The van der Waals surface area contributed by atoms with Crippen LogP contribution in [0.2, 0.25) is 5.02 Å². The summed E-state index contributed by atoms with van der Waals surface area (Å²) < 4.78 is 5.40. The van der Waals surface area contributed by atoms with Crippen LogP contribution in [0.5, 0.6) is 5.75 Å². The smallest absolute Gasteiger partial charge is 0.257 e. The lowest BCUT2D eigenvalue weighted by Gasteiger charge is -2.11. The van der Waals surface area contributed by atoms with Gasteiger partial charge in [-0.05, 0) is 30.7 Å². The van der Waals surface area contributed by atoms with Gasteiger partial charge in [0.2, 0.25) is 0 Å². The number of benzene rings is 1. The second-order valence-corrected chi connectivity index (χ2v) is 5.19. The Labute approximate surface area is 119 Å². The molecule has 0 aliphatic heterocycles. The summed E-state index contributed by atoms with van der Waals surface area (Å²) in [5.74, 6) is 0.818. The van der Waals surface area contributed by atoms with Gasteiger partial charge in [-0.2, -0.15) is 0 Å². The highest BCUT2D eigenvalue weighted by atomic mass is 35.5. The van der Waals surface area contributed by atoms with Crippen LogP contribution in [0.15, 0.2) is 18.2 Å². The van der Waals surface area contributed by atoms with Crippen molar-refractivity contribution >= 4 is 17.5 Å². The first-order valence-electron chi connectivity index (χ1n) is 6.35. The number of hydrogen-bond donors (Lipinski definition) is 2. The van der Waals surface area contributed by atoms with E-state index >= 15 is 0 Å². The van der Waals surface area contributed by atoms with Crippen LogP contribution in [0.3, 0.4) is 0 Å². The van der Waals surface area contributed by atoms with E-state index in [1.807, 2.05) is 33.0 Å². The van der Waals surface area contributed by atoms with Gasteiger partial charge in [0.25, 0.3) is 5.91 Å². The molecule has 0 saturated heterocycles. The van der Waals surface area contributed by atoms with Gasteiger partial charge >= 0.3 is 0 Å². The minimum Gasteiger partial charge on any atom is -0.482 e. The molecule has 0 aromatic heterocycles. The lowest BCUT2D eigenvalue weighted by atomic mass is 10.2. The fraction of sp³-hybridized carbons (Fsp3) is 0.500. The Morgan fingerprint density at radius 3 is 2.74 bits per heavy atom. The highest BCUT2D eigenvalue weighted by Crippen LogP contribution is 2.25. The molecule has 106 valence electrons. The lowest BCUT2D eigenvalue weighted by Crippen LogP contribution is -2.31. The van der Waals surface area contributed by atoms with Gasteiger partial charge < -0.3 is 15.4 Å². The highest BCUT2D eigenvalue weighted by Gasteiger charge is 2.07. The Balaban J connectivity index is 2.47. The molecule has 0 saturated carbocycles. The van der Waals surface area contributed by atoms with Crippen molar-refractivity contribution in [3.63, 3.8) is 0 Å². The van der Waals surface area contributed by atoms with Gasteiger partial charge in [0.1, 0.15) is 5.75 Å². The molecule has 1 amide bonds. The zero-order valence-corrected chi connectivity index (χ0v) is 12.4. The summed E-state index contributed by atoms with van der Waals surface area (Å²) in [5, 5.41) is 6.35. The van der Waals surface area contributed by atoms with E-state index in [-0.39, 0.29) is 12.5 Å². The molecule has 2 N–H and O–H groups in total. The number of nitrogens with one attached hydrogen (secondary N) is 2. The van der Waals surface area contributed by atoms with Gasteiger partial charge in [-0.15, -0.1) is 0 Å². The predicted molar refractivity (Wildman–Crippen MR) is 77.6 cm³/mol. The molecular weight excluding hydrogens is 264 g/mol. The maximum Gasteiger partial charge on any atom is 0.257 e. The summed E-state index contributed by atoms with van der Waals surface area (Å²) in [6.07, 6.45) is 0. The first-order valence-corrected chi connectivity index (χ1v) is 6.73. The number of hydrogen-bond acceptors (Lipinski definition) is 3. The van der Waals surface area contributed by atoms with Crippen LogP contribution < -0.4 is 15.4 Å². The standard InChI is InChI=1S/C14H21ClN2O2/c1-10(2)7-17-14(18)9-19-13-5-4-11(8-16-3)6-12(13)15/h4-6,10,16H,7-9H2,1-3H3,(H,17,18). The van der Waals surface area contributed by atoms with Crippen molar-refractivity contribution in [3.05, 3.63) is 28.8 Å². The molecule has 4 nitrogen and oxygen atoms in total. The van der Waals surface area contributed by atoms with Gasteiger partial charge in [-0.25, -0.2) is 0 Å². The molecule has 1 aromatic carbocycles. The van der Waals surface area contributed by atoms with Crippen LogP contribution in [0.25, 0.3) is 0 Å². The summed E-state index contributed by atoms with van der Waals surface area (Å²) in [6.45, 7) is 5.46. The average molecular weight is 285 g/mol. The van der Waals surface area contributed by atoms with Crippen LogP contribution in [0.1, 0.15) is 19.4 Å². The van der Waals surface area contributed by atoms with Crippen molar-refractivity contribution in [1.29, 1.82) is 0 Å². The van der Waals surface area contributed by atoms with Crippen LogP contribution in [-0.2, 0) is 11.3 Å². The van der Waals surface area contributed by atoms with E-state index in [2.05, 4.69) is 10.6 Å². The lowest BCUT2D eigenvalue weighted by molar-refractivity contribution is -0.123. The van der Waals surface area contributed by atoms with Gasteiger partial charge in [0.15, 0.2) is 6.61 Å². The predicted octanol–water partition coefficient (Wildman–Crippen LogP) is 2.21. The van der Waals surface area contributed by atoms with Crippen LogP contribution in [-0.4, -0.2) is 26.1 Å². The fourth-order valence-electron chi connectivity index (χ4n) is 1.49. The van der Waals surface area contributed by atoms with Crippen LogP contribution in [0.4, 0.5) is 0 Å². The summed E-state index contributed by atoms with van der Waals surface area (Å²) in [4.78, 5) is 11.5. The van der Waals surface area contributed by atoms with Crippen molar-refractivity contribution < 1.29 is 9.53 Å². The molecule has 1 aromatic rings. The summed E-state index contributed by atoms with van der Waals surface area (Å²) >= 11 is 6.09. The molecule has 0 spiro atoms. The second kappa shape index (κ2) is 8.02. The van der Waals surface area contributed by atoms with E-state index in [1.165, 1.54) is 0 Å². The molecule has 19 heavy (non-hydrogen) atoms. The minimum atomic E-state index is -0.135. The monoisotopic (exact) mass is 284 g/mol. The molecule has 5 heteroatoms. The SMILES string of the molecule is CNCc1ccc(OCC(=O)NCC(C)C)c(Cl)c1. The quantitative estimate of drug-likeness (QED) is 0.807. The van der Waals surface area contributed by atoms with Crippen molar-refractivity contribution in [2.45, 2.75) is 20.4 Å². The summed E-state index contributed by atoms with van der Waals surface area (Å²) in [5.41, 5.74) is 1.07. The van der Waals surface area contributed by atoms with Crippen LogP contribution in [0, 0.1) is 5.92 Å². The normalized spacial score (nSPS) is 10.6. The second-order valence-electron chi connectivity index (χ2n) is 4.78. The van der Waals surface area contributed by atoms with Crippen molar-refractivity contribution in [1.82, 2.24) is 10.6 Å². The van der Waals surface area contributed by atoms with Crippen molar-refractivity contribution in [2.24, 2.45) is 5.92 Å². The molecular formula is C14H21ClN2O2. The number of carbonyl (C=O) groups excluding carboxylic acids is 1. The van der Waals surface area contributed by atoms with E-state index in [0.717, 1.165) is 12.1 Å². The van der Waals surface area contributed by atoms with E-state index in [1.54, 1.807) is 6.07 Å². The van der Waals surface area contributed by atoms with Gasteiger partial charge in [0, 0.05) is 13.1 Å². The fourth-order valence-corrected chi connectivity index (χ4v) is 1.75. The van der Waals surface area contributed by atoms with Crippen LogP contribution >= 0.6 is 11.6 Å². The summed E-state index contributed by atoms with van der Waals surface area (Å²) in [7, 11) is 1.87. The van der Waals surface area contributed by atoms with Gasteiger partial charge in [-0.3, -0.25) is 4.79 Å². The number of ether oxygens (including phenoxy) is 1. The topological polar surface area (TPSA) is 50.4 Å². The van der Waals surface area contributed by atoms with Gasteiger partial charge in [-0.1, -0.05) is 31.5 Å². The first-order chi connectivity index (χ1) is 9.02. The third kappa shape index (κ3) is 5.94. The van der Waals surface area contributed by atoms with E-state index in [4.69, 9.17) is 16.3 Å². The summed E-state index contributed by atoms with van der Waals surface area (Å²) in [6, 6.07) is 5.54. The Morgan fingerprint density at radius 2 is 2.16 bits per heavy atom. The number of amides is 1. The Hall–Kier alpha value is -1.26. The third-order valence-electron chi connectivity index (χ3n) is 2.44. The third-order valence-corrected chi connectivity index (χ3v) is 2.74. The Kier molecular flexibility index (Phi) is 6.67. The number of halogens is 1. The maximum atomic E-state index is 11.5. The molecule has 0 bridgehead atoms. The molecule has 0 radical (unpaired) electrons. The molecule has 0 heterocycles. The Morgan fingerprint density at radius 1 is 1.42 bits per heavy atom.